The van der Waals surface area contributed by atoms with Crippen LogP contribution in [0.15, 0.2) is 27.6 Å². The highest BCUT2D eigenvalue weighted by Crippen LogP contribution is 2.42. The summed E-state index contributed by atoms with van der Waals surface area (Å²) in [7, 11) is -1.61. The second-order valence-electron chi connectivity index (χ2n) is 5.36. The fourth-order valence-corrected chi connectivity index (χ4v) is 5.66. The molecule has 0 amide bonds. The molecule has 2 N–H and O–H groups in total. The van der Waals surface area contributed by atoms with Gasteiger partial charge in [0.15, 0.2) is 0 Å². The van der Waals surface area contributed by atoms with Crippen LogP contribution in [0.25, 0.3) is 0 Å². The first-order valence-corrected chi connectivity index (χ1v) is 10.4. The molecule has 0 atom stereocenters. The fourth-order valence-electron chi connectivity index (χ4n) is 2.40. The summed E-state index contributed by atoms with van der Waals surface area (Å²) in [6.45, 7) is 1.21. The number of halogens is 1. The quantitative estimate of drug-likeness (QED) is 0.748. The number of hydrogen-bond donors (Lipinski definition) is 2. The van der Waals surface area contributed by atoms with Gasteiger partial charge in [0.2, 0.25) is 10.0 Å². The van der Waals surface area contributed by atoms with Crippen molar-refractivity contribution in [3.8, 4) is 0 Å². The highest BCUT2D eigenvalue weighted by atomic mass is 79.9. The van der Waals surface area contributed by atoms with Gasteiger partial charge in [-0.05, 0) is 59.8 Å². The number of hydrogen-bond acceptors (Lipinski definition) is 4. The summed E-state index contributed by atoms with van der Waals surface area (Å²) in [6.07, 6.45) is 5.40. The number of thioether (sulfide) groups is 1. The second-order valence-corrected chi connectivity index (χ2v) is 9.22. The zero-order valence-electron chi connectivity index (χ0n) is 12.3. The van der Waals surface area contributed by atoms with Crippen molar-refractivity contribution in [2.24, 2.45) is 0 Å². The Labute approximate surface area is 139 Å². The molecule has 0 spiro atoms. The van der Waals surface area contributed by atoms with Crippen molar-refractivity contribution in [3.63, 3.8) is 0 Å². The number of benzene rings is 1. The normalized spacial score (nSPS) is 17.5. The lowest BCUT2D eigenvalue weighted by atomic mass is 9.84. The van der Waals surface area contributed by atoms with E-state index < -0.39 is 10.0 Å². The summed E-state index contributed by atoms with van der Waals surface area (Å²) in [5, 5.41) is 3.05. The number of rotatable bonds is 7. The van der Waals surface area contributed by atoms with Crippen LogP contribution < -0.4 is 10.0 Å². The van der Waals surface area contributed by atoms with E-state index in [4.69, 9.17) is 0 Å². The third kappa shape index (κ3) is 4.01. The SMILES string of the molecule is CNCc1ccc(S(=O)(=O)NCC2(SC)CCC2)c(Br)c1. The van der Waals surface area contributed by atoms with E-state index in [0.29, 0.717) is 22.5 Å². The summed E-state index contributed by atoms with van der Waals surface area (Å²) in [5.74, 6) is 0. The largest absolute Gasteiger partial charge is 0.316 e. The van der Waals surface area contributed by atoms with Gasteiger partial charge in [0.25, 0.3) is 0 Å². The van der Waals surface area contributed by atoms with Gasteiger partial charge < -0.3 is 5.32 Å². The van der Waals surface area contributed by atoms with E-state index in [0.717, 1.165) is 18.4 Å². The van der Waals surface area contributed by atoms with Gasteiger partial charge in [-0.2, -0.15) is 11.8 Å². The molecule has 0 radical (unpaired) electrons. The molecule has 1 aromatic rings. The molecule has 1 fully saturated rings. The van der Waals surface area contributed by atoms with Gasteiger partial charge in [0, 0.05) is 22.3 Å². The number of sulfonamides is 1. The molecule has 2 rings (SSSR count). The Morgan fingerprint density at radius 2 is 2.10 bits per heavy atom. The van der Waals surface area contributed by atoms with Gasteiger partial charge in [0.1, 0.15) is 0 Å². The van der Waals surface area contributed by atoms with Crippen molar-refractivity contribution in [3.05, 3.63) is 28.2 Å². The van der Waals surface area contributed by atoms with Crippen LogP contribution in [0.5, 0.6) is 0 Å². The predicted molar refractivity (Wildman–Crippen MR) is 92.2 cm³/mol. The minimum Gasteiger partial charge on any atom is -0.316 e. The maximum atomic E-state index is 12.5. The van der Waals surface area contributed by atoms with Crippen LogP contribution in [0, 0.1) is 0 Å². The predicted octanol–water partition coefficient (Wildman–Crippen LogP) is 2.73. The fraction of sp³-hybridized carbons (Fsp3) is 0.571. The Morgan fingerprint density at radius 3 is 2.57 bits per heavy atom. The van der Waals surface area contributed by atoms with E-state index in [1.165, 1.54) is 6.42 Å². The van der Waals surface area contributed by atoms with Crippen LogP contribution in [0.4, 0.5) is 0 Å². The first-order valence-electron chi connectivity index (χ1n) is 6.90. The smallest absolute Gasteiger partial charge is 0.241 e. The molecular weight excluding hydrogens is 372 g/mol. The van der Waals surface area contributed by atoms with Crippen LogP contribution in [0.2, 0.25) is 0 Å². The molecule has 0 aliphatic heterocycles. The van der Waals surface area contributed by atoms with E-state index >= 15 is 0 Å². The molecular formula is C14H21BrN2O2S2. The van der Waals surface area contributed by atoms with Gasteiger partial charge in [-0.25, -0.2) is 13.1 Å². The van der Waals surface area contributed by atoms with Crippen molar-refractivity contribution in [2.45, 2.75) is 35.4 Å². The van der Waals surface area contributed by atoms with Crippen LogP contribution >= 0.6 is 27.7 Å². The molecule has 21 heavy (non-hydrogen) atoms. The Bertz CT molecular complexity index is 595. The molecule has 1 saturated carbocycles. The third-order valence-corrected chi connectivity index (χ3v) is 7.75. The van der Waals surface area contributed by atoms with Crippen molar-refractivity contribution < 1.29 is 8.42 Å². The average molecular weight is 393 g/mol. The monoisotopic (exact) mass is 392 g/mol. The lowest BCUT2D eigenvalue weighted by Crippen LogP contribution is -2.45. The van der Waals surface area contributed by atoms with E-state index in [2.05, 4.69) is 32.2 Å². The molecule has 0 bridgehead atoms. The molecule has 1 aromatic carbocycles. The molecule has 4 nitrogen and oxygen atoms in total. The molecule has 7 heteroatoms. The van der Waals surface area contributed by atoms with Crippen LogP contribution in [0.1, 0.15) is 24.8 Å². The Hall–Kier alpha value is -0.0800. The van der Waals surface area contributed by atoms with Gasteiger partial charge in [-0.15, -0.1) is 0 Å². The molecule has 0 heterocycles. The van der Waals surface area contributed by atoms with Gasteiger partial charge >= 0.3 is 0 Å². The van der Waals surface area contributed by atoms with Crippen molar-refractivity contribution >= 4 is 37.7 Å². The van der Waals surface area contributed by atoms with Crippen LogP contribution in [-0.2, 0) is 16.6 Å². The van der Waals surface area contributed by atoms with Crippen LogP contribution in [-0.4, -0.2) is 33.0 Å². The molecule has 118 valence electrons. The highest BCUT2D eigenvalue weighted by molar-refractivity contribution is 9.10. The average Bonchev–Trinajstić information content (AvgIpc) is 2.38. The van der Waals surface area contributed by atoms with Crippen LogP contribution in [0.3, 0.4) is 0 Å². The topological polar surface area (TPSA) is 58.2 Å². The lowest BCUT2D eigenvalue weighted by molar-refractivity contribution is 0.362. The van der Waals surface area contributed by atoms with Gasteiger partial charge in [0.05, 0.1) is 4.90 Å². The summed E-state index contributed by atoms with van der Waals surface area (Å²) < 4.78 is 28.4. The molecule has 0 aromatic heterocycles. The minimum atomic E-state index is -3.47. The van der Waals surface area contributed by atoms with E-state index in [1.54, 1.807) is 17.8 Å². The Morgan fingerprint density at radius 1 is 1.38 bits per heavy atom. The second kappa shape index (κ2) is 7.00. The molecule has 1 aliphatic carbocycles. The van der Waals surface area contributed by atoms with E-state index in [-0.39, 0.29) is 4.75 Å². The zero-order chi connectivity index (χ0) is 15.5. The first kappa shape index (κ1) is 17.3. The maximum Gasteiger partial charge on any atom is 0.241 e. The van der Waals surface area contributed by atoms with E-state index in [1.807, 2.05) is 19.2 Å². The first-order chi connectivity index (χ1) is 9.92. The highest BCUT2D eigenvalue weighted by Gasteiger charge is 2.37. The van der Waals surface area contributed by atoms with Crippen molar-refractivity contribution in [1.29, 1.82) is 0 Å². The minimum absolute atomic E-state index is 0.0889. The number of nitrogens with one attached hydrogen (secondary N) is 2. The maximum absolute atomic E-state index is 12.5. The van der Waals surface area contributed by atoms with Gasteiger partial charge in [-0.3, -0.25) is 0 Å². The summed E-state index contributed by atoms with van der Waals surface area (Å²) in [6, 6.07) is 5.34. The Kier molecular flexibility index (Phi) is 5.76. The van der Waals surface area contributed by atoms with E-state index in [9.17, 15) is 8.42 Å². The summed E-state index contributed by atoms with van der Waals surface area (Å²) in [4.78, 5) is 0.304. The van der Waals surface area contributed by atoms with Gasteiger partial charge in [-0.1, -0.05) is 12.5 Å². The summed E-state index contributed by atoms with van der Waals surface area (Å²) in [5.41, 5.74) is 1.04. The lowest BCUT2D eigenvalue weighted by Gasteiger charge is -2.40. The summed E-state index contributed by atoms with van der Waals surface area (Å²) >= 11 is 5.13. The Balaban J connectivity index is 2.12. The van der Waals surface area contributed by atoms with Crippen molar-refractivity contribution in [2.75, 3.05) is 19.8 Å². The molecule has 0 saturated heterocycles. The van der Waals surface area contributed by atoms with Crippen molar-refractivity contribution in [1.82, 2.24) is 10.0 Å². The molecule has 0 unspecified atom stereocenters. The zero-order valence-corrected chi connectivity index (χ0v) is 15.5. The standard InChI is InChI=1S/C14H21BrN2O2S2/c1-16-9-11-4-5-13(12(15)8-11)21(18,19)17-10-14(20-2)6-3-7-14/h4-5,8,16-17H,3,6-7,9-10H2,1-2H3. The third-order valence-electron chi connectivity index (χ3n) is 3.95. The molecule has 1 aliphatic rings.